The van der Waals surface area contributed by atoms with E-state index in [1.54, 1.807) is 0 Å². The average molecular weight is 564 g/mol. The minimum Gasteiger partial charge on any atom is -0.376 e. The maximum Gasteiger partial charge on any atom is 0.160 e. The highest BCUT2D eigenvalue weighted by Crippen LogP contribution is 2.48. The Labute approximate surface area is 173 Å². The van der Waals surface area contributed by atoms with Gasteiger partial charge in [-0.1, -0.05) is 64.9 Å². The topological polar surface area (TPSA) is 47.9 Å². The molecule has 3 fully saturated rings. The molecule has 0 aromatic heterocycles. The molecule has 0 aromatic rings. The van der Waals surface area contributed by atoms with E-state index >= 15 is 0 Å². The first-order valence-electron chi connectivity index (χ1n) is 9.37. The molecule has 0 spiro atoms. The van der Waals surface area contributed by atoms with Crippen molar-refractivity contribution in [1.29, 1.82) is 0 Å². The van der Waals surface area contributed by atoms with Crippen LogP contribution in [0.15, 0.2) is 0 Å². The van der Waals surface area contributed by atoms with Gasteiger partial charge in [-0.2, -0.15) is 0 Å². The maximum absolute atomic E-state index is 10.7. The number of aliphatic hydroxyl groups is 1. The fourth-order valence-electron chi connectivity index (χ4n) is 4.81. The largest absolute Gasteiger partial charge is 0.376 e. The molecule has 24 heavy (non-hydrogen) atoms. The molecule has 0 aromatic carbocycles. The van der Waals surface area contributed by atoms with Gasteiger partial charge in [0.25, 0.3) is 0 Å². The van der Waals surface area contributed by atoms with Gasteiger partial charge in [0.1, 0.15) is 0 Å². The molecule has 6 unspecified atom stereocenters. The Morgan fingerprint density at radius 3 is 2.38 bits per heavy atom. The van der Waals surface area contributed by atoms with Gasteiger partial charge in [-0.05, 0) is 32.1 Å². The highest BCUT2D eigenvalue weighted by atomic mass is 127. The van der Waals surface area contributed by atoms with Gasteiger partial charge >= 0.3 is 0 Å². The van der Waals surface area contributed by atoms with E-state index in [0.29, 0.717) is 5.92 Å². The number of halogens is 2. The highest BCUT2D eigenvalue weighted by molar-refractivity contribution is 14.1. The lowest BCUT2D eigenvalue weighted by atomic mass is 9.79. The predicted molar refractivity (Wildman–Crippen MR) is 111 cm³/mol. The van der Waals surface area contributed by atoms with Crippen LogP contribution >= 0.6 is 45.2 Å². The fraction of sp³-hybridized carbons (Fsp3) is 1.00. The Morgan fingerprint density at radius 1 is 1.17 bits per heavy atom. The van der Waals surface area contributed by atoms with Crippen LogP contribution in [-0.2, 0) is 14.2 Å². The summed E-state index contributed by atoms with van der Waals surface area (Å²) in [4.78, 5) is 0. The molecule has 3 rings (SSSR count). The quantitative estimate of drug-likeness (QED) is 0.261. The summed E-state index contributed by atoms with van der Waals surface area (Å²) >= 11 is 4.78. The first-order valence-corrected chi connectivity index (χ1v) is 12.4. The van der Waals surface area contributed by atoms with E-state index in [-0.39, 0.29) is 29.8 Å². The van der Waals surface area contributed by atoms with E-state index in [1.807, 2.05) is 0 Å². The number of aliphatic hydroxyl groups excluding tert-OH is 1. The van der Waals surface area contributed by atoms with E-state index in [0.717, 1.165) is 47.6 Å². The lowest BCUT2D eigenvalue weighted by Gasteiger charge is -2.36. The molecular weight excluding hydrogens is 534 g/mol. The zero-order valence-electron chi connectivity index (χ0n) is 14.5. The van der Waals surface area contributed by atoms with Crippen LogP contribution in [0, 0.1) is 11.8 Å². The molecule has 140 valence electrons. The molecule has 4 nitrogen and oxygen atoms in total. The molecule has 2 heterocycles. The van der Waals surface area contributed by atoms with E-state index in [9.17, 15) is 5.11 Å². The van der Waals surface area contributed by atoms with Crippen LogP contribution in [0.4, 0.5) is 0 Å². The first kappa shape index (κ1) is 20.0. The minimum atomic E-state index is -0.674. The molecule has 1 aliphatic carbocycles. The van der Waals surface area contributed by atoms with Gasteiger partial charge in [-0.25, -0.2) is 0 Å². The van der Waals surface area contributed by atoms with Gasteiger partial charge in [-0.15, -0.1) is 0 Å². The van der Waals surface area contributed by atoms with Crippen LogP contribution in [0.3, 0.4) is 0 Å². The summed E-state index contributed by atoms with van der Waals surface area (Å²) in [5, 5.41) is 10.7. The standard InChI is InChI=1S/C18H30I2O4/c1-2-18(5-3-4-6-18)24-17(21)13-10-14-12(9-15(13)23-14)16(11-20)22-8-7-19/h12-17,21H,2-11H2,1H3. The number of hydrogen-bond acceptors (Lipinski definition) is 4. The highest BCUT2D eigenvalue weighted by Gasteiger charge is 2.53. The smallest absolute Gasteiger partial charge is 0.160 e. The van der Waals surface area contributed by atoms with Gasteiger partial charge in [0.05, 0.1) is 30.5 Å². The van der Waals surface area contributed by atoms with Crippen LogP contribution in [-0.4, -0.2) is 50.8 Å². The zero-order valence-corrected chi connectivity index (χ0v) is 18.8. The van der Waals surface area contributed by atoms with Crippen molar-refractivity contribution < 1.29 is 19.3 Å². The Kier molecular flexibility index (Phi) is 7.51. The van der Waals surface area contributed by atoms with E-state index < -0.39 is 6.29 Å². The molecule has 1 N–H and O–H groups in total. The van der Waals surface area contributed by atoms with Gasteiger partial charge < -0.3 is 19.3 Å². The van der Waals surface area contributed by atoms with Crippen molar-refractivity contribution in [3.8, 4) is 0 Å². The summed E-state index contributed by atoms with van der Waals surface area (Å²) in [5.41, 5.74) is -0.0885. The first-order chi connectivity index (χ1) is 11.6. The van der Waals surface area contributed by atoms with Crippen LogP contribution in [0.1, 0.15) is 51.9 Å². The third-order valence-electron chi connectivity index (χ3n) is 6.25. The van der Waals surface area contributed by atoms with E-state index in [4.69, 9.17) is 14.2 Å². The van der Waals surface area contributed by atoms with Crippen LogP contribution in [0.2, 0.25) is 0 Å². The Bertz CT molecular complexity index is 402. The summed E-state index contributed by atoms with van der Waals surface area (Å²) in [6, 6.07) is 0. The van der Waals surface area contributed by atoms with Crippen LogP contribution in [0.25, 0.3) is 0 Å². The van der Waals surface area contributed by atoms with Crippen LogP contribution < -0.4 is 0 Å². The molecule has 0 radical (unpaired) electrons. The maximum atomic E-state index is 10.7. The molecule has 6 heteroatoms. The summed E-state index contributed by atoms with van der Waals surface area (Å²) in [6.45, 7) is 3.00. The fourth-order valence-corrected chi connectivity index (χ4v) is 5.98. The van der Waals surface area contributed by atoms with E-state index in [1.165, 1.54) is 12.8 Å². The van der Waals surface area contributed by atoms with Crippen molar-refractivity contribution in [1.82, 2.24) is 0 Å². The Morgan fingerprint density at radius 2 is 1.83 bits per heavy atom. The van der Waals surface area contributed by atoms with Gasteiger partial charge in [0.2, 0.25) is 0 Å². The number of ether oxygens (including phenoxy) is 3. The third kappa shape index (κ3) is 4.24. The lowest BCUT2D eigenvalue weighted by molar-refractivity contribution is -0.215. The minimum absolute atomic E-state index is 0.0885. The second-order valence-electron chi connectivity index (χ2n) is 7.52. The number of alkyl halides is 2. The van der Waals surface area contributed by atoms with Crippen molar-refractivity contribution in [3.63, 3.8) is 0 Å². The van der Waals surface area contributed by atoms with Gasteiger partial charge in [-0.3, -0.25) is 0 Å². The monoisotopic (exact) mass is 564 g/mol. The van der Waals surface area contributed by atoms with Crippen molar-refractivity contribution in [3.05, 3.63) is 0 Å². The predicted octanol–water partition coefficient (Wildman–Crippen LogP) is 4.09. The van der Waals surface area contributed by atoms with E-state index in [2.05, 4.69) is 52.1 Å². The molecule has 0 amide bonds. The summed E-state index contributed by atoms with van der Waals surface area (Å²) in [5.74, 6) is 0.611. The molecular formula is C18H30I2O4. The second-order valence-corrected chi connectivity index (χ2v) is 9.48. The second kappa shape index (κ2) is 8.99. The average Bonchev–Trinajstić information content (AvgIpc) is 3.31. The van der Waals surface area contributed by atoms with Crippen molar-refractivity contribution in [2.75, 3.05) is 15.5 Å². The van der Waals surface area contributed by atoms with Crippen molar-refractivity contribution in [2.24, 2.45) is 11.8 Å². The number of fused-ring (bicyclic) bond motifs is 2. The lowest BCUT2D eigenvalue weighted by Crippen LogP contribution is -2.42. The number of rotatable bonds is 9. The van der Waals surface area contributed by atoms with Crippen molar-refractivity contribution in [2.45, 2.75) is 82.1 Å². The summed E-state index contributed by atoms with van der Waals surface area (Å²) in [6.07, 6.45) is 7.52. The molecule has 2 aliphatic heterocycles. The third-order valence-corrected chi connectivity index (χ3v) is 7.56. The molecule has 1 saturated carbocycles. The molecule has 2 saturated heterocycles. The molecule has 2 bridgehead atoms. The molecule has 6 atom stereocenters. The van der Waals surface area contributed by atoms with Gasteiger partial charge in [0, 0.05) is 20.7 Å². The zero-order chi connectivity index (χ0) is 17.2. The van der Waals surface area contributed by atoms with Crippen molar-refractivity contribution >= 4 is 45.2 Å². The molecule has 3 aliphatic rings. The SMILES string of the molecule is CCC1(OC(O)C2CC3OC2CC3C(CI)OCCI)CCCC1. The summed E-state index contributed by atoms with van der Waals surface area (Å²) < 4.78 is 20.5. The normalized spacial score (nSPS) is 37.0. The Balaban J connectivity index is 1.54. The Hall–Kier alpha value is 1.30. The summed E-state index contributed by atoms with van der Waals surface area (Å²) in [7, 11) is 0. The van der Waals surface area contributed by atoms with Crippen LogP contribution in [0.5, 0.6) is 0 Å². The number of hydrogen-bond donors (Lipinski definition) is 1. The van der Waals surface area contributed by atoms with Gasteiger partial charge in [0.15, 0.2) is 6.29 Å².